The summed E-state index contributed by atoms with van der Waals surface area (Å²) < 4.78 is 5.85. The number of benzene rings is 2. The van der Waals surface area contributed by atoms with Crippen molar-refractivity contribution in [2.75, 3.05) is 0 Å². The number of fused-ring (bicyclic) bond motifs is 1. The number of aromatic nitrogens is 1. The third-order valence-corrected chi connectivity index (χ3v) is 3.23. The van der Waals surface area contributed by atoms with Gasteiger partial charge in [-0.2, -0.15) is 0 Å². The first-order chi connectivity index (χ1) is 9.34. The molecule has 0 spiro atoms. The summed E-state index contributed by atoms with van der Waals surface area (Å²) in [6.45, 7) is 2.64. The van der Waals surface area contributed by atoms with Crippen molar-refractivity contribution in [2.24, 2.45) is 0 Å². The predicted octanol–water partition coefficient (Wildman–Crippen LogP) is 4.12. The molecule has 0 unspecified atom stereocenters. The monoisotopic (exact) mass is 249 g/mol. The van der Waals surface area contributed by atoms with E-state index in [0.29, 0.717) is 6.61 Å². The quantitative estimate of drug-likeness (QED) is 0.696. The number of pyridine rings is 1. The zero-order valence-corrected chi connectivity index (χ0v) is 10.8. The predicted molar refractivity (Wildman–Crippen MR) is 77.3 cm³/mol. The molecular weight excluding hydrogens is 234 g/mol. The highest BCUT2D eigenvalue weighted by Gasteiger charge is 2.06. The molecule has 3 rings (SSSR count). The maximum atomic E-state index is 5.85. The number of para-hydroxylation sites is 2. The number of aryl methyl sites for hydroxylation is 1. The second kappa shape index (κ2) is 5.11. The van der Waals surface area contributed by atoms with E-state index in [1.54, 1.807) is 0 Å². The van der Waals surface area contributed by atoms with Crippen LogP contribution < -0.4 is 4.74 Å². The van der Waals surface area contributed by atoms with E-state index in [4.69, 9.17) is 4.74 Å². The molecule has 3 aromatic rings. The van der Waals surface area contributed by atoms with E-state index in [0.717, 1.165) is 16.8 Å². The van der Waals surface area contributed by atoms with Crippen LogP contribution in [0.3, 0.4) is 0 Å². The fourth-order valence-corrected chi connectivity index (χ4v) is 2.16. The van der Waals surface area contributed by atoms with Crippen LogP contribution in [0.25, 0.3) is 10.9 Å². The summed E-state index contributed by atoms with van der Waals surface area (Å²) in [6, 6.07) is 18.1. The summed E-state index contributed by atoms with van der Waals surface area (Å²) in [5.74, 6) is 0.891. The number of ether oxygens (including phenoxy) is 1. The summed E-state index contributed by atoms with van der Waals surface area (Å²) in [4.78, 5) is 4.44. The maximum Gasteiger partial charge on any atom is 0.119 e. The molecule has 0 saturated carbocycles. The SMILES string of the molecule is Cc1cnc2ccccc2c1COc1ccccc1. The van der Waals surface area contributed by atoms with E-state index in [2.05, 4.69) is 18.0 Å². The maximum absolute atomic E-state index is 5.85. The number of hydrogen-bond donors (Lipinski definition) is 0. The van der Waals surface area contributed by atoms with Crippen LogP contribution in [0.4, 0.5) is 0 Å². The number of nitrogens with zero attached hydrogens (tertiary/aromatic N) is 1. The highest BCUT2D eigenvalue weighted by molar-refractivity contribution is 5.82. The average molecular weight is 249 g/mol. The molecular formula is C17H15NO. The Labute approximate surface area is 112 Å². The van der Waals surface area contributed by atoms with Crippen LogP contribution in [0.15, 0.2) is 60.8 Å². The zero-order chi connectivity index (χ0) is 13.1. The van der Waals surface area contributed by atoms with Gasteiger partial charge in [0.05, 0.1) is 5.52 Å². The van der Waals surface area contributed by atoms with Gasteiger partial charge in [-0.15, -0.1) is 0 Å². The molecule has 0 radical (unpaired) electrons. The van der Waals surface area contributed by atoms with E-state index in [1.165, 1.54) is 10.9 Å². The van der Waals surface area contributed by atoms with Gasteiger partial charge in [0.1, 0.15) is 12.4 Å². The van der Waals surface area contributed by atoms with Crippen molar-refractivity contribution in [3.8, 4) is 5.75 Å². The summed E-state index contributed by atoms with van der Waals surface area (Å²) in [6.07, 6.45) is 1.91. The van der Waals surface area contributed by atoms with Gasteiger partial charge in [-0.25, -0.2) is 0 Å². The van der Waals surface area contributed by atoms with Crippen LogP contribution in [0.5, 0.6) is 5.75 Å². The molecule has 1 heterocycles. The number of rotatable bonds is 3. The Morgan fingerprint density at radius 2 is 1.68 bits per heavy atom. The van der Waals surface area contributed by atoms with Crippen molar-refractivity contribution in [3.05, 3.63) is 71.9 Å². The van der Waals surface area contributed by atoms with Crippen molar-refractivity contribution in [1.82, 2.24) is 4.98 Å². The molecule has 0 aliphatic rings. The Kier molecular flexibility index (Phi) is 3.15. The topological polar surface area (TPSA) is 22.1 Å². The third kappa shape index (κ3) is 2.43. The molecule has 19 heavy (non-hydrogen) atoms. The Morgan fingerprint density at radius 1 is 0.947 bits per heavy atom. The van der Waals surface area contributed by atoms with E-state index in [1.807, 2.05) is 54.7 Å². The lowest BCUT2D eigenvalue weighted by Gasteiger charge is -2.11. The van der Waals surface area contributed by atoms with Crippen LogP contribution in [-0.4, -0.2) is 4.98 Å². The lowest BCUT2D eigenvalue weighted by atomic mass is 10.1. The zero-order valence-electron chi connectivity index (χ0n) is 10.8. The van der Waals surface area contributed by atoms with Gasteiger partial charge in [0.2, 0.25) is 0 Å². The van der Waals surface area contributed by atoms with Gasteiger partial charge in [0.15, 0.2) is 0 Å². The minimum Gasteiger partial charge on any atom is -0.489 e. The molecule has 2 heteroatoms. The molecule has 0 amide bonds. The first kappa shape index (κ1) is 11.7. The fraction of sp³-hybridized carbons (Fsp3) is 0.118. The molecule has 0 aliphatic carbocycles. The minimum absolute atomic E-state index is 0.568. The second-order valence-corrected chi connectivity index (χ2v) is 4.54. The summed E-state index contributed by atoms with van der Waals surface area (Å²) in [5.41, 5.74) is 3.38. The molecule has 2 nitrogen and oxygen atoms in total. The Morgan fingerprint density at radius 3 is 2.53 bits per heavy atom. The van der Waals surface area contributed by atoms with Crippen molar-refractivity contribution in [1.29, 1.82) is 0 Å². The lowest BCUT2D eigenvalue weighted by Crippen LogP contribution is -2.00. The lowest BCUT2D eigenvalue weighted by molar-refractivity contribution is 0.307. The standard InChI is InChI=1S/C17H15NO/c1-13-11-18-17-10-6-5-9-15(17)16(13)12-19-14-7-3-2-4-8-14/h2-11H,12H2,1H3. The molecule has 94 valence electrons. The first-order valence-corrected chi connectivity index (χ1v) is 6.35. The molecule has 0 bridgehead atoms. The largest absolute Gasteiger partial charge is 0.489 e. The summed E-state index contributed by atoms with van der Waals surface area (Å²) in [5, 5.41) is 1.17. The van der Waals surface area contributed by atoms with Crippen LogP contribution in [0.2, 0.25) is 0 Å². The van der Waals surface area contributed by atoms with Gasteiger partial charge >= 0.3 is 0 Å². The van der Waals surface area contributed by atoms with Crippen molar-refractivity contribution < 1.29 is 4.74 Å². The third-order valence-electron chi connectivity index (χ3n) is 3.23. The van der Waals surface area contributed by atoms with E-state index >= 15 is 0 Å². The van der Waals surface area contributed by atoms with Crippen molar-refractivity contribution in [3.63, 3.8) is 0 Å². The Hall–Kier alpha value is -2.35. The molecule has 1 aromatic heterocycles. The smallest absolute Gasteiger partial charge is 0.119 e. The summed E-state index contributed by atoms with van der Waals surface area (Å²) >= 11 is 0. The van der Waals surface area contributed by atoms with Crippen LogP contribution in [0.1, 0.15) is 11.1 Å². The normalized spacial score (nSPS) is 10.6. The number of hydrogen-bond acceptors (Lipinski definition) is 2. The van der Waals surface area contributed by atoms with E-state index in [-0.39, 0.29) is 0 Å². The van der Waals surface area contributed by atoms with Gasteiger partial charge in [-0.3, -0.25) is 4.98 Å². The van der Waals surface area contributed by atoms with Crippen molar-refractivity contribution in [2.45, 2.75) is 13.5 Å². The fourth-order valence-electron chi connectivity index (χ4n) is 2.16. The van der Waals surface area contributed by atoms with E-state index < -0.39 is 0 Å². The van der Waals surface area contributed by atoms with Gasteiger partial charge in [0.25, 0.3) is 0 Å². The van der Waals surface area contributed by atoms with Gasteiger partial charge in [0, 0.05) is 17.1 Å². The van der Waals surface area contributed by atoms with Crippen LogP contribution in [0, 0.1) is 6.92 Å². The molecule has 0 fully saturated rings. The highest BCUT2D eigenvalue weighted by atomic mass is 16.5. The minimum atomic E-state index is 0.568. The summed E-state index contributed by atoms with van der Waals surface area (Å²) in [7, 11) is 0. The average Bonchev–Trinajstić information content (AvgIpc) is 2.47. The van der Waals surface area contributed by atoms with Crippen LogP contribution >= 0.6 is 0 Å². The Balaban J connectivity index is 1.94. The van der Waals surface area contributed by atoms with Gasteiger partial charge < -0.3 is 4.74 Å². The van der Waals surface area contributed by atoms with Crippen molar-refractivity contribution >= 4 is 10.9 Å². The van der Waals surface area contributed by atoms with Gasteiger partial charge in [-0.05, 0) is 30.7 Å². The van der Waals surface area contributed by atoms with Crippen LogP contribution in [-0.2, 0) is 6.61 Å². The van der Waals surface area contributed by atoms with Gasteiger partial charge in [-0.1, -0.05) is 36.4 Å². The van der Waals surface area contributed by atoms with E-state index in [9.17, 15) is 0 Å². The molecule has 2 aromatic carbocycles. The molecule has 0 aliphatic heterocycles. The first-order valence-electron chi connectivity index (χ1n) is 6.35. The molecule has 0 N–H and O–H groups in total. The molecule has 0 saturated heterocycles. The highest BCUT2D eigenvalue weighted by Crippen LogP contribution is 2.21. The Bertz CT molecular complexity index is 692. The molecule has 0 atom stereocenters. The second-order valence-electron chi connectivity index (χ2n) is 4.54.